The van der Waals surface area contributed by atoms with Gasteiger partial charge in [-0.15, -0.1) is 0 Å². The molecule has 2 aliphatic rings. The molecular weight excluding hydrogens is 768 g/mol. The van der Waals surface area contributed by atoms with Gasteiger partial charge < -0.3 is 0 Å². The summed E-state index contributed by atoms with van der Waals surface area (Å²) in [4.78, 5) is 19.0. The van der Waals surface area contributed by atoms with E-state index >= 15 is 8.78 Å². The molecule has 18 heteroatoms. The Morgan fingerprint density at radius 1 is 1.02 bits per heavy atom. The molecule has 0 amide bonds. The van der Waals surface area contributed by atoms with E-state index in [0.29, 0.717) is 44.0 Å². The Labute approximate surface area is 314 Å². The van der Waals surface area contributed by atoms with Gasteiger partial charge in [-0.1, -0.05) is 24.3 Å². The van der Waals surface area contributed by atoms with Crippen LogP contribution in [0.3, 0.4) is 0 Å². The minimum atomic E-state index is -5.03. The first-order valence-electron chi connectivity index (χ1n) is 17.4. The average molecular weight is 800 g/mol. The van der Waals surface area contributed by atoms with Gasteiger partial charge in [-0.3, -0.25) is 23.8 Å². The number of carbonyl (C=O) groups excluding carboxylic acids is 1. The van der Waals surface area contributed by atoms with E-state index in [1.54, 1.807) is 56.8 Å². The fraction of sp³-hybridized carbons (Fsp3) is 0.342. The van der Waals surface area contributed by atoms with Crippen LogP contribution in [-0.4, -0.2) is 54.8 Å². The molecule has 292 valence electrons. The van der Waals surface area contributed by atoms with Crippen molar-refractivity contribution in [3.63, 3.8) is 0 Å². The Balaban J connectivity index is 1.27. The van der Waals surface area contributed by atoms with E-state index < -0.39 is 87.0 Å². The summed E-state index contributed by atoms with van der Waals surface area (Å²) in [5.74, 6) is -9.89. The number of fused-ring (bicyclic) bond motifs is 4. The van der Waals surface area contributed by atoms with Crippen molar-refractivity contribution in [2.45, 2.75) is 55.5 Å². The number of hydrogen-bond acceptors (Lipinski definition) is 7. The quantitative estimate of drug-likeness (QED) is 0.127. The Kier molecular flexibility index (Phi) is 8.78. The highest BCUT2D eigenvalue weighted by Crippen LogP contribution is 2.68. The Hall–Kier alpha value is -5.39. The molecule has 4 aromatic heterocycles. The molecule has 3 atom stereocenters. The first-order valence-corrected chi connectivity index (χ1v) is 19.5. The summed E-state index contributed by atoms with van der Waals surface area (Å²) < 4.78 is 130. The fourth-order valence-corrected chi connectivity index (χ4v) is 8.80. The Bertz CT molecular complexity index is 2660. The Morgan fingerprint density at radius 3 is 2.41 bits per heavy atom. The third-order valence-electron chi connectivity index (χ3n) is 10.3. The van der Waals surface area contributed by atoms with Gasteiger partial charge in [0.05, 0.1) is 34.5 Å². The number of Topliss-reactive ketones (excluding diaryl/α,β-unsaturated/α-hetero) is 1. The summed E-state index contributed by atoms with van der Waals surface area (Å²) in [5.41, 5.74) is 0.120. The largest absolute Gasteiger partial charge is 0.435 e. The van der Waals surface area contributed by atoms with Crippen LogP contribution in [0.5, 0.6) is 0 Å². The van der Waals surface area contributed by atoms with Gasteiger partial charge in [-0.2, -0.15) is 37.2 Å². The maximum atomic E-state index is 15.4. The first kappa shape index (κ1) is 37.5. The zero-order valence-electron chi connectivity index (χ0n) is 30.0. The van der Waals surface area contributed by atoms with E-state index in [4.69, 9.17) is 4.98 Å². The van der Waals surface area contributed by atoms with Gasteiger partial charge in [-0.25, -0.2) is 17.2 Å². The lowest BCUT2D eigenvalue weighted by Crippen LogP contribution is -2.24. The van der Waals surface area contributed by atoms with Gasteiger partial charge >= 0.3 is 6.18 Å². The number of benzene rings is 2. The second-order valence-electron chi connectivity index (χ2n) is 14.6. The standard InChI is InChI=1S/C38H32F7N7O3S/c1-50-16-21(15-46-50)30-8-7-25(26-5-4-6-27-31(18-56(3,54)55)48-51(2)34(26)27)33(47-30)20(9-19-10-22(39)13-23(40)11-19)12-24(53)17-52-36-32(35(49-52)38(43,44)45)28-14-29(28)37(36,41)42/h4-8,10-11,13,15-16,20,28-29H,9,12,14,17-18H2,1-3H3/t20-,28+,29-/m1/s1. The maximum absolute atomic E-state index is 15.4. The van der Waals surface area contributed by atoms with Crippen LogP contribution < -0.4 is 0 Å². The number of halogens is 7. The summed E-state index contributed by atoms with van der Waals surface area (Å²) in [7, 11) is -0.178. The van der Waals surface area contributed by atoms with E-state index in [0.717, 1.165) is 18.4 Å². The topological polar surface area (TPSA) is 118 Å². The summed E-state index contributed by atoms with van der Waals surface area (Å²) >= 11 is 0. The number of aromatic nitrogens is 7. The lowest BCUT2D eigenvalue weighted by molar-refractivity contribution is -0.142. The molecule has 56 heavy (non-hydrogen) atoms. The number of ketones is 1. The summed E-state index contributed by atoms with van der Waals surface area (Å²) in [6.07, 6.45) is -1.54. The molecule has 4 heterocycles. The highest BCUT2D eigenvalue weighted by Gasteiger charge is 2.68. The first-order chi connectivity index (χ1) is 26.3. The highest BCUT2D eigenvalue weighted by molar-refractivity contribution is 7.89. The number of aryl methyl sites for hydroxylation is 2. The maximum Gasteiger partial charge on any atom is 0.435 e. The fourth-order valence-electron chi connectivity index (χ4n) is 8.09. The minimum Gasteiger partial charge on any atom is -0.298 e. The summed E-state index contributed by atoms with van der Waals surface area (Å²) in [5, 5.41) is 12.7. The van der Waals surface area contributed by atoms with Crippen molar-refractivity contribution in [2.75, 3.05) is 6.26 Å². The van der Waals surface area contributed by atoms with E-state index in [2.05, 4.69) is 15.3 Å². The molecule has 0 spiro atoms. The van der Waals surface area contributed by atoms with E-state index in [1.807, 2.05) is 0 Å². The van der Waals surface area contributed by atoms with E-state index in [-0.39, 0.29) is 35.5 Å². The lowest BCUT2D eigenvalue weighted by Gasteiger charge is -2.22. The second-order valence-corrected chi connectivity index (χ2v) is 16.8. The van der Waals surface area contributed by atoms with Crippen molar-refractivity contribution < 1.29 is 43.9 Å². The number of nitrogens with zero attached hydrogens (tertiary/aromatic N) is 7. The van der Waals surface area contributed by atoms with Crippen LogP contribution in [0.25, 0.3) is 33.3 Å². The van der Waals surface area contributed by atoms with Gasteiger partial charge in [0.15, 0.2) is 21.3 Å². The molecule has 1 saturated carbocycles. The number of carbonyl (C=O) groups is 1. The highest BCUT2D eigenvalue weighted by atomic mass is 32.2. The predicted molar refractivity (Wildman–Crippen MR) is 189 cm³/mol. The van der Waals surface area contributed by atoms with Crippen LogP contribution in [0.4, 0.5) is 30.7 Å². The van der Waals surface area contributed by atoms with Gasteiger partial charge in [0.1, 0.15) is 23.9 Å². The molecule has 8 rings (SSSR count). The normalized spacial score (nSPS) is 18.0. The third-order valence-corrected chi connectivity index (χ3v) is 11.1. The number of hydrogen-bond donors (Lipinski definition) is 0. The molecule has 10 nitrogen and oxygen atoms in total. The molecule has 0 N–H and O–H groups in total. The molecule has 1 fully saturated rings. The zero-order valence-corrected chi connectivity index (χ0v) is 30.8. The summed E-state index contributed by atoms with van der Waals surface area (Å²) in [6.45, 7) is -0.925. The molecule has 0 radical (unpaired) electrons. The van der Waals surface area contributed by atoms with Gasteiger partial charge in [0.2, 0.25) is 0 Å². The molecule has 2 aliphatic carbocycles. The smallest absolute Gasteiger partial charge is 0.298 e. The third kappa shape index (κ3) is 6.77. The predicted octanol–water partition coefficient (Wildman–Crippen LogP) is 7.27. The van der Waals surface area contributed by atoms with E-state index in [1.165, 1.54) is 9.36 Å². The van der Waals surface area contributed by atoms with Crippen LogP contribution in [0, 0.1) is 17.6 Å². The van der Waals surface area contributed by atoms with Gasteiger partial charge in [0.25, 0.3) is 5.92 Å². The molecule has 0 bridgehead atoms. The van der Waals surface area contributed by atoms with Crippen molar-refractivity contribution in [1.82, 2.24) is 34.3 Å². The lowest BCUT2D eigenvalue weighted by atomic mass is 9.86. The number of rotatable bonds is 11. The number of pyridine rings is 1. The van der Waals surface area contributed by atoms with Crippen molar-refractivity contribution in [2.24, 2.45) is 20.0 Å². The monoisotopic (exact) mass is 799 g/mol. The van der Waals surface area contributed by atoms with Gasteiger partial charge in [0, 0.05) is 78.5 Å². The SMILES string of the molecule is Cn1cc(-c2ccc(-c3cccc4c(CS(C)(=O)=O)nn(C)c34)c([C@@H](CC(=O)Cn3nc(C(F)(F)F)c4c3C(F)(F)[C@@H]3C[C@H]43)Cc3cc(F)cc(F)c3)n2)cn1. The van der Waals surface area contributed by atoms with Crippen LogP contribution in [-0.2, 0) is 59.5 Å². The molecule has 6 aromatic rings. The summed E-state index contributed by atoms with van der Waals surface area (Å²) in [6, 6.07) is 11.4. The molecule has 0 aliphatic heterocycles. The average Bonchev–Trinajstić information content (AvgIpc) is 3.33. The molecular formula is C38H32F7N7O3S. The van der Waals surface area contributed by atoms with Crippen molar-refractivity contribution in [3.05, 3.63) is 106 Å². The molecule has 2 aromatic carbocycles. The van der Waals surface area contributed by atoms with Crippen LogP contribution in [0.2, 0.25) is 0 Å². The van der Waals surface area contributed by atoms with Crippen molar-refractivity contribution in [3.8, 4) is 22.4 Å². The van der Waals surface area contributed by atoms with Crippen molar-refractivity contribution >= 4 is 26.5 Å². The van der Waals surface area contributed by atoms with Crippen LogP contribution in [0.15, 0.2) is 60.9 Å². The Morgan fingerprint density at radius 2 is 1.75 bits per heavy atom. The number of para-hydroxylation sites is 1. The molecule has 0 saturated heterocycles. The van der Waals surface area contributed by atoms with Gasteiger partial charge in [-0.05, 0) is 42.5 Å². The number of sulfone groups is 1. The van der Waals surface area contributed by atoms with Crippen LogP contribution in [0.1, 0.15) is 58.6 Å². The minimum absolute atomic E-state index is 0.115. The molecule has 0 unspecified atom stereocenters. The van der Waals surface area contributed by atoms with Crippen molar-refractivity contribution in [1.29, 1.82) is 0 Å². The number of alkyl halides is 5. The second kappa shape index (κ2) is 13.1. The van der Waals surface area contributed by atoms with E-state index in [9.17, 15) is 35.2 Å². The van der Waals surface area contributed by atoms with Crippen LogP contribution >= 0.6 is 0 Å². The zero-order chi connectivity index (χ0) is 40.1.